The molecule has 0 bridgehead atoms. The Labute approximate surface area is 303 Å². The van der Waals surface area contributed by atoms with Crippen molar-refractivity contribution in [3.05, 3.63) is 149 Å². The summed E-state index contributed by atoms with van der Waals surface area (Å²) >= 11 is 3.23. The molecule has 1 aromatic heterocycles. The average Bonchev–Trinajstić information content (AvgIpc) is 3.76. The van der Waals surface area contributed by atoms with E-state index >= 15 is 0 Å². The number of carbonyl (C=O) groups is 2. The first-order valence-corrected chi connectivity index (χ1v) is 18.6. The molecule has 1 unspecified atom stereocenters. The number of rotatable bonds is 11. The number of likely N-dealkylation sites (tertiary alicyclic amines) is 1. The van der Waals surface area contributed by atoms with E-state index in [0.717, 1.165) is 38.4 Å². The lowest BCUT2D eigenvalue weighted by atomic mass is 9.84. The Kier molecular flexibility index (Phi) is 10.6. The van der Waals surface area contributed by atoms with Crippen LogP contribution in [0.5, 0.6) is 0 Å². The lowest BCUT2D eigenvalue weighted by molar-refractivity contribution is -0.140. The van der Waals surface area contributed by atoms with Gasteiger partial charge in [0.2, 0.25) is 11.8 Å². The largest absolute Gasteiger partial charge is 0.391 e. The molecule has 1 aliphatic heterocycles. The van der Waals surface area contributed by atoms with Crippen LogP contribution >= 0.6 is 23.1 Å². The van der Waals surface area contributed by atoms with Crippen molar-refractivity contribution in [2.45, 2.75) is 67.8 Å². The SMILES string of the molecule is Cc1ncsc1-c1ccc([C@H](C)NC(=O)[C@@H]2C[C@@H](O)CN2C(=O)C(N)C(C)(C)SC(c2ccccc2)(c2ccccc2)c2ccccc2)cc1. The maximum Gasteiger partial charge on any atom is 0.243 e. The molecule has 7 nitrogen and oxygen atoms in total. The molecule has 9 heteroatoms. The molecule has 4 aromatic carbocycles. The molecule has 50 heavy (non-hydrogen) atoms. The molecule has 1 fully saturated rings. The second kappa shape index (κ2) is 14.9. The van der Waals surface area contributed by atoms with Gasteiger partial charge in [0.15, 0.2) is 0 Å². The summed E-state index contributed by atoms with van der Waals surface area (Å²) in [5.41, 5.74) is 15.0. The van der Waals surface area contributed by atoms with E-state index in [-0.39, 0.29) is 30.8 Å². The lowest BCUT2D eigenvalue weighted by Crippen LogP contribution is -2.57. The number of carbonyl (C=O) groups excluding carboxylic acids is 2. The number of thioether (sulfide) groups is 1. The Morgan fingerprint density at radius 3 is 1.90 bits per heavy atom. The Balaban J connectivity index is 1.24. The number of aliphatic hydroxyl groups excluding tert-OH is 1. The van der Waals surface area contributed by atoms with E-state index in [9.17, 15) is 14.7 Å². The lowest BCUT2D eigenvalue weighted by Gasteiger charge is -2.44. The third-order valence-corrected chi connectivity index (χ3v) is 12.4. The first-order valence-electron chi connectivity index (χ1n) is 16.9. The molecule has 1 aliphatic rings. The Morgan fingerprint density at radius 1 is 0.900 bits per heavy atom. The predicted molar refractivity (Wildman–Crippen MR) is 204 cm³/mol. The standard InChI is InChI=1S/C41H44N4O3S2/c1-27(29-20-22-30(23-21-29)36-28(2)43-26-49-36)44-38(47)35-24-34(46)25-45(35)39(48)37(42)40(3,4)50-41(31-14-8-5-9-15-31,32-16-10-6-11-17-32)33-18-12-7-13-19-33/h5-23,26-27,34-35,37,46H,24-25,42H2,1-4H3,(H,44,47)/t27-,34+,35-,37?/m0/s1. The van der Waals surface area contributed by atoms with Gasteiger partial charge < -0.3 is 21.1 Å². The number of β-amino-alcohol motifs (C(OH)–C–C–N with tert-alkyl or cyclic N) is 1. The van der Waals surface area contributed by atoms with Gasteiger partial charge in [0.1, 0.15) is 6.04 Å². The van der Waals surface area contributed by atoms with Gasteiger partial charge in [0, 0.05) is 17.7 Å². The van der Waals surface area contributed by atoms with Crippen LogP contribution in [0.3, 0.4) is 0 Å². The molecule has 0 aliphatic carbocycles. The highest BCUT2D eigenvalue weighted by Gasteiger charge is 2.49. The van der Waals surface area contributed by atoms with Crippen LogP contribution in [0, 0.1) is 6.92 Å². The fraction of sp³-hybridized carbons (Fsp3) is 0.293. The number of nitrogens with one attached hydrogen (secondary N) is 1. The first-order chi connectivity index (χ1) is 24.0. The monoisotopic (exact) mass is 704 g/mol. The van der Waals surface area contributed by atoms with Gasteiger partial charge in [0.05, 0.1) is 39.0 Å². The molecule has 5 aromatic rings. The highest BCUT2D eigenvalue weighted by Crippen LogP contribution is 2.54. The highest BCUT2D eigenvalue weighted by atomic mass is 32.2. The smallest absolute Gasteiger partial charge is 0.243 e. The molecule has 0 radical (unpaired) electrons. The van der Waals surface area contributed by atoms with Crippen molar-refractivity contribution in [2.24, 2.45) is 5.73 Å². The van der Waals surface area contributed by atoms with Crippen LogP contribution in [0.25, 0.3) is 10.4 Å². The first kappa shape index (κ1) is 35.5. The van der Waals surface area contributed by atoms with Crippen LogP contribution in [-0.4, -0.2) is 56.3 Å². The molecule has 4 N–H and O–H groups in total. The summed E-state index contributed by atoms with van der Waals surface area (Å²) in [5, 5.41) is 13.8. The van der Waals surface area contributed by atoms with Crippen molar-refractivity contribution in [2.75, 3.05) is 6.54 Å². The van der Waals surface area contributed by atoms with Gasteiger partial charge >= 0.3 is 0 Å². The molecule has 4 atom stereocenters. The normalized spacial score (nSPS) is 17.7. The number of amides is 2. The number of aromatic nitrogens is 1. The van der Waals surface area contributed by atoms with Gasteiger partial charge in [-0.2, -0.15) is 0 Å². The summed E-state index contributed by atoms with van der Waals surface area (Å²) < 4.78 is -1.52. The average molecular weight is 705 g/mol. The summed E-state index contributed by atoms with van der Waals surface area (Å²) in [4.78, 5) is 35.1. The van der Waals surface area contributed by atoms with Crippen LogP contribution in [-0.2, 0) is 14.3 Å². The summed E-state index contributed by atoms with van der Waals surface area (Å²) in [6.07, 6.45) is -0.678. The zero-order valence-electron chi connectivity index (χ0n) is 28.8. The molecule has 258 valence electrons. The summed E-state index contributed by atoms with van der Waals surface area (Å²) in [6.45, 7) is 7.94. The van der Waals surface area contributed by atoms with Gasteiger partial charge in [-0.05, 0) is 55.5 Å². The van der Waals surface area contributed by atoms with Crippen LogP contribution in [0.15, 0.2) is 121 Å². The molecule has 0 saturated carbocycles. The van der Waals surface area contributed by atoms with E-state index in [1.54, 1.807) is 23.1 Å². The van der Waals surface area contributed by atoms with Gasteiger partial charge in [0.25, 0.3) is 0 Å². The van der Waals surface area contributed by atoms with Crippen LogP contribution in [0.2, 0.25) is 0 Å². The number of nitrogens with zero attached hydrogens (tertiary/aromatic N) is 2. The van der Waals surface area contributed by atoms with Crippen LogP contribution in [0.1, 0.15) is 61.2 Å². The van der Waals surface area contributed by atoms with Gasteiger partial charge in [-0.1, -0.05) is 115 Å². The Bertz CT molecular complexity index is 1800. The Morgan fingerprint density at radius 2 is 1.42 bits per heavy atom. The van der Waals surface area contributed by atoms with Crippen molar-refractivity contribution in [1.82, 2.24) is 15.2 Å². The van der Waals surface area contributed by atoms with Crippen molar-refractivity contribution in [3.63, 3.8) is 0 Å². The fourth-order valence-corrected chi connectivity index (χ4v) is 9.42. The summed E-state index contributed by atoms with van der Waals surface area (Å²) in [6, 6.07) is 36.8. The number of hydrogen-bond acceptors (Lipinski definition) is 7. The van der Waals surface area contributed by atoms with Crippen LogP contribution < -0.4 is 11.1 Å². The molecule has 0 spiro atoms. The molecule has 6 rings (SSSR count). The number of thiazole rings is 1. The van der Waals surface area contributed by atoms with E-state index in [4.69, 9.17) is 5.73 Å². The second-order valence-corrected chi connectivity index (χ2v) is 16.2. The van der Waals surface area contributed by atoms with Gasteiger partial charge in [-0.15, -0.1) is 23.1 Å². The molecular formula is C41H44N4O3S2. The van der Waals surface area contributed by atoms with E-state index in [2.05, 4.69) is 46.7 Å². The van der Waals surface area contributed by atoms with Crippen molar-refractivity contribution in [3.8, 4) is 10.4 Å². The molecular weight excluding hydrogens is 661 g/mol. The van der Waals surface area contributed by atoms with E-state index < -0.39 is 27.7 Å². The van der Waals surface area contributed by atoms with E-state index in [1.165, 1.54) is 4.90 Å². The molecule has 1 saturated heterocycles. The topological polar surface area (TPSA) is 109 Å². The van der Waals surface area contributed by atoms with Crippen molar-refractivity contribution >= 4 is 34.9 Å². The molecule has 2 heterocycles. The number of hydrogen-bond donors (Lipinski definition) is 3. The third kappa shape index (κ3) is 7.14. The summed E-state index contributed by atoms with van der Waals surface area (Å²) in [7, 11) is 0. The number of aliphatic hydroxyl groups is 1. The van der Waals surface area contributed by atoms with Crippen molar-refractivity contribution < 1.29 is 14.7 Å². The maximum absolute atomic E-state index is 14.4. The predicted octanol–water partition coefficient (Wildman–Crippen LogP) is 7.09. The van der Waals surface area contributed by atoms with E-state index in [1.807, 2.05) is 112 Å². The number of benzene rings is 4. The number of nitrogens with two attached hydrogens (primary N) is 1. The maximum atomic E-state index is 14.4. The zero-order chi connectivity index (χ0) is 35.5. The van der Waals surface area contributed by atoms with Crippen LogP contribution in [0.4, 0.5) is 0 Å². The fourth-order valence-electron chi connectivity index (χ4n) is 6.83. The third-order valence-electron chi connectivity index (χ3n) is 9.61. The molecule has 2 amide bonds. The minimum absolute atomic E-state index is 0.0455. The highest BCUT2D eigenvalue weighted by molar-refractivity contribution is 8.02. The quantitative estimate of drug-likeness (QED) is 0.127. The number of aryl methyl sites for hydroxylation is 1. The minimum atomic E-state index is -0.983. The van der Waals surface area contributed by atoms with Gasteiger partial charge in [-0.3, -0.25) is 9.59 Å². The Hall–Kier alpha value is -4.28. The second-order valence-electron chi connectivity index (χ2n) is 13.5. The summed E-state index contributed by atoms with van der Waals surface area (Å²) in [5.74, 6) is -0.672. The van der Waals surface area contributed by atoms with Crippen molar-refractivity contribution in [1.29, 1.82) is 0 Å². The van der Waals surface area contributed by atoms with E-state index in [0.29, 0.717) is 0 Å². The zero-order valence-corrected chi connectivity index (χ0v) is 30.5. The van der Waals surface area contributed by atoms with Gasteiger partial charge in [-0.25, -0.2) is 4.98 Å². The minimum Gasteiger partial charge on any atom is -0.391 e.